The lowest BCUT2D eigenvalue weighted by atomic mass is 10.5. The first-order valence-electron chi connectivity index (χ1n) is 5.07. The topological polar surface area (TPSA) is 86.7 Å². The molecule has 0 aromatic rings. The van der Waals surface area contributed by atoms with Gasteiger partial charge in [0, 0.05) is 0 Å². The zero-order valence-electron chi connectivity index (χ0n) is 9.51. The molecule has 8 heteroatoms. The van der Waals surface area contributed by atoms with Crippen molar-refractivity contribution in [3.8, 4) is 0 Å². The molecular weight excluding hydrogens is 256 g/mol. The molecule has 0 unspecified atom stereocenters. The Kier molecular flexibility index (Phi) is 7.12. The lowest BCUT2D eigenvalue weighted by molar-refractivity contribution is 0.312. The Morgan fingerprint density at radius 1 is 0.750 bits per heavy atom. The van der Waals surface area contributed by atoms with Crippen molar-refractivity contribution in [2.45, 2.75) is 26.7 Å². The van der Waals surface area contributed by atoms with Gasteiger partial charge in [0.05, 0.1) is 24.7 Å². The van der Waals surface area contributed by atoms with Crippen LogP contribution in [0, 0.1) is 0 Å². The lowest BCUT2D eigenvalue weighted by Crippen LogP contribution is -2.21. The third-order valence-corrected chi connectivity index (χ3v) is 4.24. The maximum Gasteiger partial charge on any atom is 0.268 e. The van der Waals surface area contributed by atoms with Crippen LogP contribution >= 0.6 is 0 Å². The van der Waals surface area contributed by atoms with Crippen LogP contribution in [-0.2, 0) is 28.6 Å². The normalized spacial score (nSPS) is 12.9. The van der Waals surface area contributed by atoms with Gasteiger partial charge < -0.3 is 0 Å². The molecule has 0 amide bonds. The molecule has 0 aromatic carbocycles. The molecule has 0 aliphatic carbocycles. The molecule has 0 aliphatic rings. The van der Waals surface area contributed by atoms with Gasteiger partial charge in [-0.2, -0.15) is 16.8 Å². The van der Waals surface area contributed by atoms with Crippen LogP contribution in [0.15, 0.2) is 0 Å². The lowest BCUT2D eigenvalue weighted by Gasteiger charge is -2.05. The van der Waals surface area contributed by atoms with E-state index in [2.05, 4.69) is 8.37 Å². The fourth-order valence-electron chi connectivity index (χ4n) is 0.743. The van der Waals surface area contributed by atoms with E-state index >= 15 is 0 Å². The van der Waals surface area contributed by atoms with Gasteiger partial charge in [-0.05, 0) is 12.8 Å². The SMILES string of the molecule is CCCOS(=O)(=O)CCS(=O)(=O)OCCC. The predicted molar refractivity (Wildman–Crippen MR) is 60.1 cm³/mol. The van der Waals surface area contributed by atoms with E-state index in [-0.39, 0.29) is 13.2 Å². The third-order valence-electron chi connectivity index (χ3n) is 1.52. The highest BCUT2D eigenvalue weighted by Crippen LogP contribution is 2.00. The molecule has 0 fully saturated rings. The van der Waals surface area contributed by atoms with Crippen molar-refractivity contribution < 1.29 is 25.2 Å². The summed E-state index contributed by atoms with van der Waals surface area (Å²) in [6, 6.07) is 0. The Morgan fingerprint density at radius 3 is 1.31 bits per heavy atom. The number of hydrogen-bond donors (Lipinski definition) is 0. The Hall–Kier alpha value is -0.180. The zero-order valence-corrected chi connectivity index (χ0v) is 11.1. The number of hydrogen-bond acceptors (Lipinski definition) is 6. The quantitative estimate of drug-likeness (QED) is 0.569. The average Bonchev–Trinajstić information content (AvgIpc) is 2.22. The molecule has 6 nitrogen and oxygen atoms in total. The van der Waals surface area contributed by atoms with Crippen molar-refractivity contribution in [1.82, 2.24) is 0 Å². The smallest absolute Gasteiger partial charge is 0.268 e. The maximum absolute atomic E-state index is 11.2. The van der Waals surface area contributed by atoms with Gasteiger partial charge in [-0.25, -0.2) is 0 Å². The van der Waals surface area contributed by atoms with E-state index in [1.807, 2.05) is 0 Å². The fraction of sp³-hybridized carbons (Fsp3) is 1.00. The van der Waals surface area contributed by atoms with E-state index in [9.17, 15) is 16.8 Å². The van der Waals surface area contributed by atoms with Crippen molar-refractivity contribution in [1.29, 1.82) is 0 Å². The molecule has 0 bridgehead atoms. The summed E-state index contributed by atoms with van der Waals surface area (Å²) in [6.45, 7) is 3.66. The summed E-state index contributed by atoms with van der Waals surface area (Å²) < 4.78 is 53.7. The highest BCUT2D eigenvalue weighted by molar-refractivity contribution is 7.90. The predicted octanol–water partition coefficient (Wildman–Crippen LogP) is 0.499. The summed E-state index contributed by atoms with van der Waals surface area (Å²) >= 11 is 0. The summed E-state index contributed by atoms with van der Waals surface area (Å²) in [5.41, 5.74) is 0. The van der Waals surface area contributed by atoms with E-state index < -0.39 is 31.7 Å². The summed E-state index contributed by atoms with van der Waals surface area (Å²) in [5, 5.41) is 0. The number of rotatable bonds is 9. The van der Waals surface area contributed by atoms with Crippen LogP contribution in [0.3, 0.4) is 0 Å². The second kappa shape index (κ2) is 7.21. The van der Waals surface area contributed by atoms with Gasteiger partial charge in [0.25, 0.3) is 20.2 Å². The minimum atomic E-state index is -3.76. The highest BCUT2D eigenvalue weighted by atomic mass is 32.2. The summed E-state index contributed by atoms with van der Waals surface area (Å²) in [5.74, 6) is -1.14. The molecular formula is C8H18O6S2. The van der Waals surface area contributed by atoms with Crippen molar-refractivity contribution in [2.24, 2.45) is 0 Å². The van der Waals surface area contributed by atoms with E-state index in [4.69, 9.17) is 0 Å². The summed E-state index contributed by atoms with van der Waals surface area (Å²) in [7, 11) is -7.52. The fourth-order valence-corrected chi connectivity index (χ4v) is 3.45. The Bertz CT molecular complexity index is 331. The molecule has 0 saturated heterocycles. The molecule has 0 N–H and O–H groups in total. The highest BCUT2D eigenvalue weighted by Gasteiger charge is 2.18. The van der Waals surface area contributed by atoms with Gasteiger partial charge in [-0.1, -0.05) is 13.8 Å². The second-order valence-corrected chi connectivity index (χ2v) is 6.69. The van der Waals surface area contributed by atoms with E-state index in [0.717, 1.165) is 0 Å². The van der Waals surface area contributed by atoms with E-state index in [0.29, 0.717) is 12.8 Å². The molecule has 0 atom stereocenters. The van der Waals surface area contributed by atoms with Crippen LogP contribution in [0.2, 0.25) is 0 Å². The summed E-state index contributed by atoms with van der Waals surface area (Å²) in [4.78, 5) is 0. The van der Waals surface area contributed by atoms with Crippen molar-refractivity contribution in [3.63, 3.8) is 0 Å². The minimum absolute atomic E-state index is 0.0677. The molecule has 0 rings (SSSR count). The van der Waals surface area contributed by atoms with Crippen LogP contribution in [0.5, 0.6) is 0 Å². The van der Waals surface area contributed by atoms with Gasteiger partial charge in [0.2, 0.25) is 0 Å². The molecule has 0 aliphatic heterocycles. The van der Waals surface area contributed by atoms with Crippen LogP contribution in [-0.4, -0.2) is 41.6 Å². The Morgan fingerprint density at radius 2 is 1.06 bits per heavy atom. The van der Waals surface area contributed by atoms with Crippen molar-refractivity contribution >= 4 is 20.2 Å². The van der Waals surface area contributed by atoms with Gasteiger partial charge in [0.15, 0.2) is 0 Å². The maximum atomic E-state index is 11.2. The van der Waals surface area contributed by atoms with E-state index in [1.165, 1.54) is 0 Å². The molecule has 0 saturated carbocycles. The Labute approximate surface area is 97.2 Å². The first-order chi connectivity index (χ1) is 7.33. The first kappa shape index (κ1) is 15.8. The van der Waals surface area contributed by atoms with Crippen LogP contribution in [0.1, 0.15) is 26.7 Å². The molecule has 0 spiro atoms. The van der Waals surface area contributed by atoms with Gasteiger partial charge >= 0.3 is 0 Å². The van der Waals surface area contributed by atoms with Crippen LogP contribution in [0.4, 0.5) is 0 Å². The third kappa shape index (κ3) is 8.03. The second-order valence-electron chi connectivity index (χ2n) is 3.17. The van der Waals surface area contributed by atoms with Crippen molar-refractivity contribution in [3.05, 3.63) is 0 Å². The monoisotopic (exact) mass is 274 g/mol. The largest absolute Gasteiger partial charge is 0.270 e. The minimum Gasteiger partial charge on any atom is -0.270 e. The molecule has 98 valence electrons. The van der Waals surface area contributed by atoms with Crippen LogP contribution in [0.25, 0.3) is 0 Å². The van der Waals surface area contributed by atoms with Crippen molar-refractivity contribution in [2.75, 3.05) is 24.7 Å². The molecule has 0 aromatic heterocycles. The molecule has 0 heterocycles. The summed E-state index contributed by atoms with van der Waals surface area (Å²) in [6.07, 6.45) is 1.11. The van der Waals surface area contributed by atoms with Gasteiger partial charge in [0.1, 0.15) is 0 Å². The van der Waals surface area contributed by atoms with Gasteiger partial charge in [-0.3, -0.25) is 8.37 Å². The molecule has 16 heavy (non-hydrogen) atoms. The molecule has 0 radical (unpaired) electrons. The Balaban J connectivity index is 4.13. The standard InChI is InChI=1S/C8H18O6S2/c1-3-5-13-15(9,10)7-8-16(11,12)14-6-4-2/h3-8H2,1-2H3. The zero-order chi connectivity index (χ0) is 12.7. The first-order valence-corrected chi connectivity index (χ1v) is 8.22. The van der Waals surface area contributed by atoms with E-state index in [1.54, 1.807) is 13.8 Å². The van der Waals surface area contributed by atoms with Crippen LogP contribution < -0.4 is 0 Å². The average molecular weight is 274 g/mol. The van der Waals surface area contributed by atoms with Gasteiger partial charge in [-0.15, -0.1) is 0 Å².